The van der Waals surface area contributed by atoms with Gasteiger partial charge in [-0.1, -0.05) is 91.0 Å². The first-order valence-corrected chi connectivity index (χ1v) is 16.1. The summed E-state index contributed by atoms with van der Waals surface area (Å²) in [5, 5.41) is 2.88. The van der Waals surface area contributed by atoms with Crippen molar-refractivity contribution in [3.63, 3.8) is 0 Å². The Morgan fingerprint density at radius 1 is 0.911 bits per heavy atom. The molecule has 45 heavy (non-hydrogen) atoms. The van der Waals surface area contributed by atoms with Crippen molar-refractivity contribution in [3.8, 4) is 11.1 Å². The Kier molecular flexibility index (Phi) is 10.2. The van der Waals surface area contributed by atoms with Crippen molar-refractivity contribution in [1.29, 1.82) is 0 Å². The van der Waals surface area contributed by atoms with Crippen molar-refractivity contribution in [3.05, 3.63) is 108 Å². The number of carbonyl (C=O) groups is 3. The van der Waals surface area contributed by atoms with Gasteiger partial charge in [-0.25, -0.2) is 0 Å². The van der Waals surface area contributed by atoms with E-state index in [4.69, 9.17) is 5.73 Å². The number of nitrogens with zero attached hydrogens (tertiary/aromatic N) is 2. The Morgan fingerprint density at radius 3 is 2.16 bits per heavy atom. The highest BCUT2D eigenvalue weighted by molar-refractivity contribution is 5.93. The van der Waals surface area contributed by atoms with Gasteiger partial charge in [0.15, 0.2) is 0 Å². The number of rotatable bonds is 11. The molecule has 0 spiro atoms. The van der Waals surface area contributed by atoms with E-state index in [2.05, 4.69) is 23.5 Å². The predicted octanol–water partition coefficient (Wildman–Crippen LogP) is 5.15. The van der Waals surface area contributed by atoms with Crippen LogP contribution in [0.2, 0.25) is 0 Å². The molecule has 0 unspecified atom stereocenters. The van der Waals surface area contributed by atoms with Gasteiger partial charge in [-0.2, -0.15) is 0 Å². The molecule has 3 N–H and O–H groups in total. The van der Waals surface area contributed by atoms with Gasteiger partial charge in [0.05, 0.1) is 5.41 Å². The van der Waals surface area contributed by atoms with Gasteiger partial charge in [0.25, 0.3) is 0 Å². The van der Waals surface area contributed by atoms with Crippen LogP contribution in [0.4, 0.5) is 0 Å². The van der Waals surface area contributed by atoms with Gasteiger partial charge in [-0.15, -0.1) is 0 Å². The van der Waals surface area contributed by atoms with Crippen LogP contribution in [0, 0.1) is 5.41 Å². The third kappa shape index (κ3) is 7.54. The molecular formula is C38H46N4O3. The van der Waals surface area contributed by atoms with E-state index in [1.54, 1.807) is 25.1 Å². The molecule has 0 radical (unpaired) electrons. The topological polar surface area (TPSA) is 95.7 Å². The Morgan fingerprint density at radius 2 is 1.53 bits per heavy atom. The number of benzene rings is 3. The second-order valence-electron chi connectivity index (χ2n) is 12.9. The monoisotopic (exact) mass is 606 g/mol. The van der Waals surface area contributed by atoms with Gasteiger partial charge in [-0.3, -0.25) is 14.4 Å². The van der Waals surface area contributed by atoms with E-state index in [0.29, 0.717) is 45.2 Å². The van der Waals surface area contributed by atoms with Crippen LogP contribution in [-0.4, -0.2) is 66.3 Å². The minimum absolute atomic E-state index is 0.00774. The van der Waals surface area contributed by atoms with Crippen LogP contribution in [0.15, 0.2) is 97.1 Å². The number of nitrogens with one attached hydrogen (secondary N) is 1. The minimum atomic E-state index is -0.704. The number of carbonyl (C=O) groups excluding carboxylic acids is 3. The summed E-state index contributed by atoms with van der Waals surface area (Å²) >= 11 is 0. The van der Waals surface area contributed by atoms with Crippen LogP contribution in [0.5, 0.6) is 0 Å². The molecule has 2 fully saturated rings. The normalized spacial score (nSPS) is 17.7. The third-order valence-corrected chi connectivity index (χ3v) is 9.88. The summed E-state index contributed by atoms with van der Waals surface area (Å²) in [5.41, 5.74) is 9.79. The van der Waals surface area contributed by atoms with Crippen LogP contribution in [-0.2, 0) is 27.2 Å². The maximum Gasteiger partial charge on any atom is 0.246 e. The molecule has 3 aromatic carbocycles. The molecule has 7 nitrogen and oxygen atoms in total. The molecule has 0 aromatic heterocycles. The van der Waals surface area contributed by atoms with E-state index in [9.17, 15) is 14.4 Å². The zero-order valence-electron chi connectivity index (χ0n) is 26.6. The smallest absolute Gasteiger partial charge is 0.246 e. The molecule has 1 heterocycles. The molecular weight excluding hydrogens is 560 g/mol. The molecule has 3 aromatic rings. The molecule has 1 aliphatic heterocycles. The zero-order chi connectivity index (χ0) is 31.9. The van der Waals surface area contributed by atoms with Gasteiger partial charge < -0.3 is 20.9 Å². The lowest BCUT2D eigenvalue weighted by Crippen LogP contribution is -2.55. The van der Waals surface area contributed by atoms with Crippen LogP contribution in [0.25, 0.3) is 11.1 Å². The quantitative estimate of drug-likeness (QED) is 0.295. The summed E-state index contributed by atoms with van der Waals surface area (Å²) in [5.74, 6) is -0.302. The standard InChI is InChI=1S/C38H46N4O3/c1-40-36(45)37(28-29-13-5-3-6-14-29)23-25-42(26-24-37)35(44)33(41(2)34(43)19-11-20-38(39)21-12-22-38)27-31-17-9-10-18-32(31)30-15-7-4-8-16-30/h3-11,13-19,33H,12,20-28,39H2,1-2H3,(H,40,45)/t33-/m1/s1. The average Bonchev–Trinajstić information content (AvgIpc) is 3.06. The van der Waals surface area contributed by atoms with Crippen molar-refractivity contribution in [2.45, 2.75) is 62.9 Å². The molecule has 0 bridgehead atoms. The van der Waals surface area contributed by atoms with Crippen molar-refractivity contribution in [2.75, 3.05) is 27.2 Å². The second-order valence-corrected chi connectivity index (χ2v) is 12.9. The number of hydrogen-bond donors (Lipinski definition) is 2. The highest BCUT2D eigenvalue weighted by Crippen LogP contribution is 2.36. The fourth-order valence-corrected chi connectivity index (χ4v) is 6.80. The molecule has 3 amide bonds. The van der Waals surface area contributed by atoms with Crippen LogP contribution in [0.1, 0.15) is 49.7 Å². The lowest BCUT2D eigenvalue weighted by molar-refractivity contribution is -0.146. The first kappa shape index (κ1) is 32.2. The average molecular weight is 607 g/mol. The number of nitrogens with two attached hydrogens (primary N) is 1. The minimum Gasteiger partial charge on any atom is -0.359 e. The summed E-state index contributed by atoms with van der Waals surface area (Å²) < 4.78 is 0. The van der Waals surface area contributed by atoms with Gasteiger partial charge >= 0.3 is 0 Å². The summed E-state index contributed by atoms with van der Waals surface area (Å²) in [6.45, 7) is 0.896. The number of hydrogen-bond acceptors (Lipinski definition) is 4. The highest BCUT2D eigenvalue weighted by Gasteiger charge is 2.43. The van der Waals surface area contributed by atoms with Gasteiger partial charge in [0, 0.05) is 39.1 Å². The van der Waals surface area contributed by atoms with Crippen molar-refractivity contribution >= 4 is 17.7 Å². The summed E-state index contributed by atoms with van der Waals surface area (Å²) in [7, 11) is 3.40. The first-order chi connectivity index (χ1) is 21.7. The molecule has 1 atom stereocenters. The fourth-order valence-electron chi connectivity index (χ4n) is 6.80. The third-order valence-electron chi connectivity index (χ3n) is 9.88. The van der Waals surface area contributed by atoms with Crippen molar-refractivity contribution in [2.24, 2.45) is 11.1 Å². The Labute approximate surface area is 267 Å². The Hall–Kier alpha value is -4.23. The summed E-state index contributed by atoms with van der Waals surface area (Å²) in [4.78, 5) is 44.6. The maximum absolute atomic E-state index is 14.4. The van der Waals surface area contributed by atoms with Crippen LogP contribution >= 0.6 is 0 Å². The van der Waals surface area contributed by atoms with E-state index in [0.717, 1.165) is 41.5 Å². The highest BCUT2D eigenvalue weighted by atomic mass is 16.2. The van der Waals surface area contributed by atoms with E-state index in [1.807, 2.05) is 77.7 Å². The number of piperidine rings is 1. The largest absolute Gasteiger partial charge is 0.359 e. The first-order valence-electron chi connectivity index (χ1n) is 16.1. The number of likely N-dealkylation sites (tertiary alicyclic amines) is 1. The lowest BCUT2D eigenvalue weighted by atomic mass is 9.73. The number of amides is 3. The SMILES string of the molecule is CNC(=O)C1(Cc2ccccc2)CCN(C(=O)[C@@H](Cc2ccccc2-c2ccccc2)N(C)C(=O)C=CCC2(N)CCC2)CC1. The number of likely N-dealkylation sites (N-methyl/N-ethyl adjacent to an activating group) is 1. The predicted molar refractivity (Wildman–Crippen MR) is 179 cm³/mol. The maximum atomic E-state index is 14.4. The molecule has 1 aliphatic carbocycles. The van der Waals surface area contributed by atoms with Crippen molar-refractivity contribution < 1.29 is 14.4 Å². The van der Waals surface area contributed by atoms with Gasteiger partial charge in [-0.05, 0) is 73.3 Å². The van der Waals surface area contributed by atoms with Crippen LogP contribution in [0.3, 0.4) is 0 Å². The van der Waals surface area contributed by atoms with Gasteiger partial charge in [0.1, 0.15) is 6.04 Å². The summed E-state index contributed by atoms with van der Waals surface area (Å²) in [6, 6.07) is 27.5. The summed E-state index contributed by atoms with van der Waals surface area (Å²) in [6.07, 6.45) is 9.24. The molecule has 7 heteroatoms. The van der Waals surface area contributed by atoms with E-state index < -0.39 is 11.5 Å². The lowest BCUT2D eigenvalue weighted by Gasteiger charge is -2.42. The van der Waals surface area contributed by atoms with E-state index >= 15 is 0 Å². The van der Waals surface area contributed by atoms with E-state index in [-0.39, 0.29) is 23.3 Å². The van der Waals surface area contributed by atoms with Crippen molar-refractivity contribution in [1.82, 2.24) is 15.1 Å². The van der Waals surface area contributed by atoms with E-state index in [1.165, 1.54) is 0 Å². The molecule has 5 rings (SSSR count). The fraction of sp³-hybridized carbons (Fsp3) is 0.395. The molecule has 236 valence electrons. The van der Waals surface area contributed by atoms with Crippen LogP contribution < -0.4 is 11.1 Å². The van der Waals surface area contributed by atoms with Gasteiger partial charge in [0.2, 0.25) is 17.7 Å². The second kappa shape index (κ2) is 14.2. The molecule has 1 saturated heterocycles. The Bertz CT molecular complexity index is 1490. The molecule has 1 saturated carbocycles. The Balaban J connectivity index is 1.38. The molecule has 2 aliphatic rings. The zero-order valence-corrected chi connectivity index (χ0v) is 26.6.